The maximum atomic E-state index is 14.2. The van der Waals surface area contributed by atoms with E-state index < -0.39 is 0 Å². The number of nitrogens with zero attached hydrogens (tertiary/aromatic N) is 6. The largest absolute Gasteiger partial charge is 0.362 e. The first kappa shape index (κ1) is 17.4. The highest BCUT2D eigenvalue weighted by atomic mass is 32.1. The summed E-state index contributed by atoms with van der Waals surface area (Å²) < 4.78 is 15.7. The van der Waals surface area contributed by atoms with E-state index >= 15 is 0 Å². The zero-order valence-corrected chi connectivity index (χ0v) is 15.8. The van der Waals surface area contributed by atoms with Crippen LogP contribution in [-0.4, -0.2) is 30.0 Å². The standard InChI is InChI=1S/C20H14FN7S/c21-15-9-5-4-8-14(15)19-25-23-17-11-10-16(27-28(17)19)22-12-18-24-26-20(29-18)13-6-2-1-3-7-13/h1-11H,12H2,(H,22,27). The zero-order valence-electron chi connectivity index (χ0n) is 15.0. The van der Waals surface area contributed by atoms with E-state index in [1.54, 1.807) is 30.3 Å². The van der Waals surface area contributed by atoms with Crippen molar-refractivity contribution in [1.82, 2.24) is 30.0 Å². The van der Waals surface area contributed by atoms with Crippen LogP contribution in [0, 0.1) is 5.82 Å². The average molecular weight is 403 g/mol. The van der Waals surface area contributed by atoms with Gasteiger partial charge in [0.1, 0.15) is 21.7 Å². The summed E-state index contributed by atoms with van der Waals surface area (Å²) in [5, 5.41) is 26.1. The van der Waals surface area contributed by atoms with Gasteiger partial charge >= 0.3 is 0 Å². The van der Waals surface area contributed by atoms with E-state index in [2.05, 4.69) is 30.8 Å². The SMILES string of the molecule is Fc1ccccc1-c1nnc2ccc(NCc3nnc(-c4ccccc4)s3)nn12. The molecule has 0 radical (unpaired) electrons. The molecule has 0 fully saturated rings. The molecule has 3 heterocycles. The second-order valence-electron chi connectivity index (χ2n) is 6.21. The lowest BCUT2D eigenvalue weighted by molar-refractivity contribution is 0.629. The van der Waals surface area contributed by atoms with E-state index in [0.717, 1.165) is 15.6 Å². The molecule has 0 bridgehead atoms. The third-order valence-electron chi connectivity index (χ3n) is 4.29. The fourth-order valence-electron chi connectivity index (χ4n) is 2.88. The molecule has 5 rings (SSSR count). The van der Waals surface area contributed by atoms with Crippen LogP contribution in [0.5, 0.6) is 0 Å². The van der Waals surface area contributed by atoms with Crippen LogP contribution in [0.3, 0.4) is 0 Å². The maximum Gasteiger partial charge on any atom is 0.188 e. The molecule has 0 unspecified atom stereocenters. The lowest BCUT2D eigenvalue weighted by Crippen LogP contribution is -2.05. The first-order chi connectivity index (χ1) is 14.3. The topological polar surface area (TPSA) is 80.9 Å². The number of halogens is 1. The van der Waals surface area contributed by atoms with Crippen molar-refractivity contribution in [2.24, 2.45) is 0 Å². The van der Waals surface area contributed by atoms with Crippen molar-refractivity contribution >= 4 is 22.8 Å². The molecule has 0 amide bonds. The third-order valence-corrected chi connectivity index (χ3v) is 5.26. The molecule has 2 aromatic carbocycles. The van der Waals surface area contributed by atoms with E-state index in [1.807, 2.05) is 30.3 Å². The number of fused-ring (bicyclic) bond motifs is 1. The Labute approximate surface area is 168 Å². The van der Waals surface area contributed by atoms with E-state index in [0.29, 0.717) is 29.4 Å². The average Bonchev–Trinajstić information content (AvgIpc) is 3.40. The van der Waals surface area contributed by atoms with Crippen LogP contribution in [0.2, 0.25) is 0 Å². The minimum absolute atomic E-state index is 0.348. The molecule has 5 aromatic rings. The van der Waals surface area contributed by atoms with Gasteiger partial charge in [0.25, 0.3) is 0 Å². The van der Waals surface area contributed by atoms with Gasteiger partial charge in [-0.2, -0.15) is 4.52 Å². The Hall–Kier alpha value is -3.72. The monoisotopic (exact) mass is 403 g/mol. The molecule has 9 heteroatoms. The number of anilines is 1. The Kier molecular flexibility index (Phi) is 4.41. The first-order valence-corrected chi connectivity index (χ1v) is 9.68. The Bertz CT molecular complexity index is 1280. The van der Waals surface area contributed by atoms with Crippen molar-refractivity contribution in [3.05, 3.63) is 77.6 Å². The van der Waals surface area contributed by atoms with Gasteiger partial charge in [-0.25, -0.2) is 4.39 Å². The van der Waals surface area contributed by atoms with Gasteiger partial charge in [-0.15, -0.1) is 25.5 Å². The first-order valence-electron chi connectivity index (χ1n) is 8.87. The summed E-state index contributed by atoms with van der Waals surface area (Å²) in [6.45, 7) is 0.472. The lowest BCUT2D eigenvalue weighted by atomic mass is 10.2. The van der Waals surface area contributed by atoms with Crippen LogP contribution in [-0.2, 0) is 6.54 Å². The third kappa shape index (κ3) is 3.43. The molecule has 0 saturated heterocycles. The second kappa shape index (κ2) is 7.36. The predicted octanol–water partition coefficient (Wildman–Crippen LogP) is 4.06. The van der Waals surface area contributed by atoms with Crippen molar-refractivity contribution in [3.8, 4) is 22.0 Å². The molecule has 1 N–H and O–H groups in total. The Morgan fingerprint density at radius 2 is 1.69 bits per heavy atom. The van der Waals surface area contributed by atoms with Gasteiger partial charge in [0.05, 0.1) is 12.1 Å². The molecular formula is C20H14FN7S. The Balaban J connectivity index is 1.38. The highest BCUT2D eigenvalue weighted by Crippen LogP contribution is 2.24. The molecule has 0 aliphatic heterocycles. The molecule has 0 spiro atoms. The number of hydrogen-bond donors (Lipinski definition) is 1. The van der Waals surface area contributed by atoms with Crippen LogP contribution >= 0.6 is 11.3 Å². The van der Waals surface area contributed by atoms with Gasteiger partial charge in [-0.1, -0.05) is 53.8 Å². The summed E-state index contributed by atoms with van der Waals surface area (Å²) in [5.41, 5.74) is 1.92. The van der Waals surface area contributed by atoms with Crippen LogP contribution in [0.25, 0.3) is 27.6 Å². The van der Waals surface area contributed by atoms with Crippen molar-refractivity contribution in [2.75, 3.05) is 5.32 Å². The Morgan fingerprint density at radius 3 is 2.55 bits per heavy atom. The number of nitrogens with one attached hydrogen (secondary N) is 1. The zero-order chi connectivity index (χ0) is 19.6. The summed E-state index contributed by atoms with van der Waals surface area (Å²) in [4.78, 5) is 0. The number of benzene rings is 2. The quantitative estimate of drug-likeness (QED) is 0.477. The summed E-state index contributed by atoms with van der Waals surface area (Å²) >= 11 is 1.52. The lowest BCUT2D eigenvalue weighted by Gasteiger charge is -2.05. The van der Waals surface area contributed by atoms with Gasteiger partial charge in [0.15, 0.2) is 11.5 Å². The molecule has 0 saturated carbocycles. The molecule has 3 aromatic heterocycles. The van der Waals surface area contributed by atoms with E-state index in [1.165, 1.54) is 21.9 Å². The smallest absolute Gasteiger partial charge is 0.188 e. The van der Waals surface area contributed by atoms with Gasteiger partial charge in [0.2, 0.25) is 0 Å². The van der Waals surface area contributed by atoms with E-state index in [4.69, 9.17) is 0 Å². The van der Waals surface area contributed by atoms with E-state index in [-0.39, 0.29) is 5.82 Å². The normalized spacial score (nSPS) is 11.1. The van der Waals surface area contributed by atoms with Crippen LogP contribution < -0.4 is 5.32 Å². The molecule has 0 atom stereocenters. The molecular weight excluding hydrogens is 389 g/mol. The van der Waals surface area contributed by atoms with Crippen molar-refractivity contribution in [2.45, 2.75) is 6.54 Å². The molecule has 0 aliphatic carbocycles. The number of rotatable bonds is 5. The van der Waals surface area contributed by atoms with Crippen molar-refractivity contribution in [1.29, 1.82) is 0 Å². The van der Waals surface area contributed by atoms with Gasteiger partial charge < -0.3 is 5.32 Å². The van der Waals surface area contributed by atoms with Crippen LogP contribution in [0.4, 0.5) is 10.2 Å². The summed E-state index contributed by atoms with van der Waals surface area (Å²) in [6.07, 6.45) is 0. The van der Waals surface area contributed by atoms with Crippen LogP contribution in [0.15, 0.2) is 66.7 Å². The molecule has 142 valence electrons. The van der Waals surface area contributed by atoms with Gasteiger partial charge in [-0.3, -0.25) is 0 Å². The highest BCUT2D eigenvalue weighted by molar-refractivity contribution is 7.14. The second-order valence-corrected chi connectivity index (χ2v) is 7.27. The fourth-order valence-corrected chi connectivity index (χ4v) is 3.67. The fraction of sp³-hybridized carbons (Fsp3) is 0.0500. The molecule has 29 heavy (non-hydrogen) atoms. The van der Waals surface area contributed by atoms with Gasteiger partial charge in [0, 0.05) is 5.56 Å². The van der Waals surface area contributed by atoms with Gasteiger partial charge in [-0.05, 0) is 24.3 Å². The summed E-state index contributed by atoms with van der Waals surface area (Å²) in [5.74, 6) is 0.583. The number of aromatic nitrogens is 6. The maximum absolute atomic E-state index is 14.2. The van der Waals surface area contributed by atoms with Crippen molar-refractivity contribution in [3.63, 3.8) is 0 Å². The summed E-state index contributed by atoms with van der Waals surface area (Å²) in [6, 6.07) is 19.9. The molecule has 0 aliphatic rings. The summed E-state index contributed by atoms with van der Waals surface area (Å²) in [7, 11) is 0. The Morgan fingerprint density at radius 1 is 0.862 bits per heavy atom. The molecule has 7 nitrogen and oxygen atoms in total. The number of hydrogen-bond acceptors (Lipinski definition) is 7. The minimum Gasteiger partial charge on any atom is -0.362 e. The predicted molar refractivity (Wildman–Crippen MR) is 109 cm³/mol. The van der Waals surface area contributed by atoms with Crippen molar-refractivity contribution < 1.29 is 4.39 Å². The highest BCUT2D eigenvalue weighted by Gasteiger charge is 2.14. The van der Waals surface area contributed by atoms with E-state index in [9.17, 15) is 4.39 Å². The van der Waals surface area contributed by atoms with Crippen LogP contribution in [0.1, 0.15) is 5.01 Å². The minimum atomic E-state index is -0.371.